The number of benzene rings is 1. The first kappa shape index (κ1) is 20.8. The quantitative estimate of drug-likeness (QED) is 0.408. The Balaban J connectivity index is 1.42. The predicted molar refractivity (Wildman–Crippen MR) is 121 cm³/mol. The van der Waals surface area contributed by atoms with E-state index in [-0.39, 0.29) is 10.8 Å². The van der Waals surface area contributed by atoms with Crippen molar-refractivity contribution in [1.29, 1.82) is 0 Å². The van der Waals surface area contributed by atoms with E-state index in [0.29, 0.717) is 40.5 Å². The Morgan fingerprint density at radius 1 is 1.16 bits per heavy atom. The molecule has 1 aliphatic carbocycles. The van der Waals surface area contributed by atoms with Gasteiger partial charge in [-0.15, -0.1) is 0 Å². The van der Waals surface area contributed by atoms with E-state index in [0.717, 1.165) is 11.1 Å². The molecule has 0 aliphatic heterocycles. The summed E-state index contributed by atoms with van der Waals surface area (Å²) in [5.41, 5.74) is 9.14. The number of hydrogen-bond donors (Lipinski definition) is 3. The molecule has 0 bridgehead atoms. The Morgan fingerprint density at radius 3 is 2.78 bits per heavy atom. The molecule has 0 fully saturated rings. The molecule has 3 atom stereocenters. The molecule has 0 unspecified atom stereocenters. The van der Waals surface area contributed by atoms with E-state index >= 15 is 0 Å². The van der Waals surface area contributed by atoms with Gasteiger partial charge in [0, 0.05) is 17.0 Å². The summed E-state index contributed by atoms with van der Waals surface area (Å²) in [6, 6.07) is 6.11. The summed E-state index contributed by atoms with van der Waals surface area (Å²) < 4.78 is 16.4. The number of anilines is 1. The van der Waals surface area contributed by atoms with Crippen LogP contribution in [0.2, 0.25) is 5.02 Å². The lowest BCUT2D eigenvalue weighted by Gasteiger charge is -2.19. The van der Waals surface area contributed by atoms with Gasteiger partial charge in [-0.1, -0.05) is 17.7 Å². The lowest BCUT2D eigenvalue weighted by molar-refractivity contribution is 0.0317. The molecule has 0 spiro atoms. The number of hydrogen-bond acceptors (Lipinski definition) is 6. The normalized spacial score (nSPS) is 20.9. The number of nitrogen functional groups attached to an aromatic ring is 1. The Labute approximate surface area is 188 Å². The number of fused-ring (bicyclic) bond motifs is 2. The molecule has 32 heavy (non-hydrogen) atoms. The van der Waals surface area contributed by atoms with Crippen molar-refractivity contribution >= 4 is 39.4 Å². The summed E-state index contributed by atoms with van der Waals surface area (Å²) in [5.74, 6) is -0.284. The van der Waals surface area contributed by atoms with Crippen LogP contribution in [0.1, 0.15) is 23.7 Å². The van der Waals surface area contributed by atoms with E-state index < -0.39 is 24.1 Å². The predicted octanol–water partition coefficient (Wildman–Crippen LogP) is 3.50. The second-order valence-electron chi connectivity index (χ2n) is 8.09. The lowest BCUT2D eigenvalue weighted by atomic mass is 10.0. The van der Waals surface area contributed by atoms with Gasteiger partial charge in [-0.3, -0.25) is 0 Å². The van der Waals surface area contributed by atoms with E-state index in [4.69, 9.17) is 17.3 Å². The molecule has 0 amide bonds. The van der Waals surface area contributed by atoms with Crippen LogP contribution in [0.4, 0.5) is 10.2 Å². The third-order valence-corrected chi connectivity index (χ3v) is 6.40. The summed E-state index contributed by atoms with van der Waals surface area (Å²) in [6.45, 7) is 1.90. The smallest absolute Gasteiger partial charge is 0.144 e. The Morgan fingerprint density at radius 2 is 1.97 bits per heavy atom. The first-order chi connectivity index (χ1) is 15.3. The van der Waals surface area contributed by atoms with E-state index in [1.54, 1.807) is 6.07 Å². The fourth-order valence-electron chi connectivity index (χ4n) is 4.35. The van der Waals surface area contributed by atoms with Crippen LogP contribution in [0, 0.1) is 12.7 Å². The maximum atomic E-state index is 14.6. The van der Waals surface area contributed by atoms with Crippen molar-refractivity contribution in [2.75, 3.05) is 5.73 Å². The van der Waals surface area contributed by atoms with Crippen LogP contribution in [0.3, 0.4) is 0 Å². The largest absolute Gasteiger partial charge is 0.388 e. The molecular formula is C23H21ClFN5O2. The molecular weight excluding hydrogens is 433 g/mol. The molecule has 7 nitrogen and oxygen atoms in total. The molecule has 5 rings (SSSR count). The van der Waals surface area contributed by atoms with Gasteiger partial charge in [0.05, 0.1) is 22.3 Å². The molecule has 0 saturated heterocycles. The number of aryl methyl sites for hydroxylation is 2. The minimum atomic E-state index is -1.02. The average molecular weight is 454 g/mol. The number of aromatic nitrogens is 4. The molecule has 4 N–H and O–H groups in total. The molecule has 9 heteroatoms. The zero-order valence-corrected chi connectivity index (χ0v) is 18.0. The zero-order chi connectivity index (χ0) is 22.6. The van der Waals surface area contributed by atoms with Gasteiger partial charge in [0.25, 0.3) is 0 Å². The van der Waals surface area contributed by atoms with Crippen molar-refractivity contribution in [2.24, 2.45) is 0 Å². The number of nitrogens with two attached hydrogens (primary N) is 1. The first-order valence-corrected chi connectivity index (χ1v) is 10.6. The molecule has 3 heterocycles. The monoisotopic (exact) mass is 453 g/mol. The van der Waals surface area contributed by atoms with Crippen LogP contribution in [-0.4, -0.2) is 41.9 Å². The summed E-state index contributed by atoms with van der Waals surface area (Å²) in [6.07, 6.45) is 4.08. The second-order valence-corrected chi connectivity index (χ2v) is 8.49. The highest BCUT2D eigenvalue weighted by atomic mass is 35.5. The van der Waals surface area contributed by atoms with Crippen molar-refractivity contribution < 1.29 is 14.6 Å². The van der Waals surface area contributed by atoms with Crippen LogP contribution in [-0.2, 0) is 6.42 Å². The summed E-state index contributed by atoms with van der Waals surface area (Å²) >= 11 is 5.95. The van der Waals surface area contributed by atoms with Gasteiger partial charge < -0.3 is 20.5 Å². The second kappa shape index (κ2) is 7.81. The molecule has 4 aromatic rings. The van der Waals surface area contributed by atoms with Gasteiger partial charge in [0.2, 0.25) is 0 Å². The summed E-state index contributed by atoms with van der Waals surface area (Å²) in [4.78, 5) is 12.7. The van der Waals surface area contributed by atoms with Gasteiger partial charge in [-0.05, 0) is 55.2 Å². The van der Waals surface area contributed by atoms with Crippen LogP contribution in [0.25, 0.3) is 21.9 Å². The van der Waals surface area contributed by atoms with Crippen LogP contribution >= 0.6 is 11.6 Å². The average Bonchev–Trinajstić information content (AvgIpc) is 3.31. The molecule has 1 aliphatic rings. The number of aliphatic hydroxyl groups excluding tert-OH is 2. The van der Waals surface area contributed by atoms with Crippen molar-refractivity contribution in [2.45, 2.75) is 38.0 Å². The highest BCUT2D eigenvalue weighted by Crippen LogP contribution is 2.35. The summed E-state index contributed by atoms with van der Waals surface area (Å²) in [5, 5.41) is 22.8. The van der Waals surface area contributed by atoms with Crippen LogP contribution in [0.5, 0.6) is 0 Å². The highest BCUT2D eigenvalue weighted by Gasteiger charge is 2.36. The van der Waals surface area contributed by atoms with E-state index in [9.17, 15) is 14.6 Å². The topological polar surface area (TPSA) is 110 Å². The standard InChI is InChI=1S/C23H21ClFN5O2/c1-11-14-4-5-30(23(14)28-10-27-11)19-8-13(20(31)21(19)32)3-2-12-6-17(25)15-9-16(24)22(26)29-18(15)7-12/h4-10,19-21,31-32H,2-3H2,1H3,(H2,26,29)/t19-,20-,21+/m1/s1. The Bertz CT molecular complexity index is 1390. The molecule has 3 aromatic heterocycles. The fourth-order valence-corrected chi connectivity index (χ4v) is 4.50. The van der Waals surface area contributed by atoms with Gasteiger partial charge in [-0.2, -0.15) is 0 Å². The third kappa shape index (κ3) is 3.40. The van der Waals surface area contributed by atoms with Crippen molar-refractivity contribution in [1.82, 2.24) is 19.5 Å². The SMILES string of the molecule is Cc1ncnc2c1ccn2[C@@H]1C=C(CCc2cc(F)c3cc(Cl)c(N)nc3c2)[C@@H](O)[C@H]1O. The minimum absolute atomic E-state index is 0.147. The fraction of sp³-hybridized carbons (Fsp3) is 0.261. The molecule has 164 valence electrons. The number of halogens is 2. The van der Waals surface area contributed by atoms with Gasteiger partial charge >= 0.3 is 0 Å². The maximum absolute atomic E-state index is 14.6. The zero-order valence-electron chi connectivity index (χ0n) is 17.2. The van der Waals surface area contributed by atoms with E-state index in [1.807, 2.05) is 29.8 Å². The van der Waals surface area contributed by atoms with Crippen molar-refractivity contribution in [3.05, 3.63) is 70.5 Å². The number of aliphatic hydroxyl groups is 2. The number of rotatable bonds is 4. The lowest BCUT2D eigenvalue weighted by Crippen LogP contribution is -2.29. The molecule has 0 saturated carbocycles. The van der Waals surface area contributed by atoms with Crippen molar-refractivity contribution in [3.8, 4) is 0 Å². The minimum Gasteiger partial charge on any atom is -0.388 e. The third-order valence-electron chi connectivity index (χ3n) is 6.09. The Hall–Kier alpha value is -3.07. The van der Waals surface area contributed by atoms with E-state index in [1.165, 1.54) is 18.5 Å². The van der Waals surface area contributed by atoms with E-state index in [2.05, 4.69) is 15.0 Å². The van der Waals surface area contributed by atoms with Gasteiger partial charge in [0.1, 0.15) is 35.8 Å². The molecule has 0 radical (unpaired) electrons. The maximum Gasteiger partial charge on any atom is 0.144 e. The number of nitrogens with zero attached hydrogens (tertiary/aromatic N) is 4. The number of pyridine rings is 1. The van der Waals surface area contributed by atoms with Gasteiger partial charge in [-0.25, -0.2) is 19.3 Å². The summed E-state index contributed by atoms with van der Waals surface area (Å²) in [7, 11) is 0. The van der Waals surface area contributed by atoms with Gasteiger partial charge in [0.15, 0.2) is 0 Å². The van der Waals surface area contributed by atoms with Crippen molar-refractivity contribution in [3.63, 3.8) is 0 Å². The molecule has 1 aromatic carbocycles. The Kier molecular flexibility index (Phi) is 5.08. The first-order valence-electron chi connectivity index (χ1n) is 10.2. The highest BCUT2D eigenvalue weighted by molar-refractivity contribution is 6.33. The van der Waals surface area contributed by atoms with Crippen LogP contribution < -0.4 is 5.73 Å². The van der Waals surface area contributed by atoms with Crippen LogP contribution in [0.15, 0.2) is 48.4 Å².